The average Bonchev–Trinajstić information content (AvgIpc) is 3.03. The quantitative estimate of drug-likeness (QED) is 0.859. The zero-order valence-corrected chi connectivity index (χ0v) is 14.0. The lowest BCUT2D eigenvalue weighted by molar-refractivity contribution is 0.0944. The molecule has 0 aliphatic heterocycles. The van der Waals surface area contributed by atoms with Crippen LogP contribution in [0.25, 0.3) is 11.3 Å². The first kappa shape index (κ1) is 15.3. The summed E-state index contributed by atoms with van der Waals surface area (Å²) in [7, 11) is 0. The second kappa shape index (κ2) is 7.09. The van der Waals surface area contributed by atoms with Crippen LogP contribution in [0, 0.1) is 5.92 Å². The van der Waals surface area contributed by atoms with E-state index in [0.29, 0.717) is 11.5 Å². The maximum atomic E-state index is 12.4. The summed E-state index contributed by atoms with van der Waals surface area (Å²) in [6.45, 7) is 0.766. The normalized spacial score (nSPS) is 15.7. The first-order valence-electron chi connectivity index (χ1n) is 7.81. The summed E-state index contributed by atoms with van der Waals surface area (Å²) in [5.41, 5.74) is 2.33. The van der Waals surface area contributed by atoms with E-state index < -0.39 is 0 Å². The van der Waals surface area contributed by atoms with E-state index in [1.165, 1.54) is 32.1 Å². The molecule has 2 aromatic rings. The van der Waals surface area contributed by atoms with Crippen LogP contribution in [0.4, 0.5) is 0 Å². The van der Waals surface area contributed by atoms with Crippen LogP contribution in [0.15, 0.2) is 34.9 Å². The molecular formula is C17H20BrN3O. The summed E-state index contributed by atoms with van der Waals surface area (Å²) in [4.78, 5) is 12.4. The lowest BCUT2D eigenvalue weighted by atomic mass is 9.89. The fourth-order valence-electron chi connectivity index (χ4n) is 3.05. The number of carbonyl (C=O) groups is 1. The van der Waals surface area contributed by atoms with Gasteiger partial charge in [0, 0.05) is 16.6 Å². The Kier molecular flexibility index (Phi) is 4.93. The Bertz CT molecular complexity index is 647. The van der Waals surface area contributed by atoms with Crippen molar-refractivity contribution in [3.8, 4) is 11.3 Å². The van der Waals surface area contributed by atoms with Crippen LogP contribution < -0.4 is 5.32 Å². The van der Waals surface area contributed by atoms with Crippen molar-refractivity contribution in [2.24, 2.45) is 5.92 Å². The molecule has 1 aliphatic carbocycles. The van der Waals surface area contributed by atoms with Gasteiger partial charge in [0.15, 0.2) is 0 Å². The van der Waals surface area contributed by atoms with E-state index in [1.807, 2.05) is 24.3 Å². The number of nitrogens with zero attached hydrogens (tertiary/aromatic N) is 1. The third-order valence-corrected chi connectivity index (χ3v) is 4.77. The number of hydrogen-bond donors (Lipinski definition) is 2. The van der Waals surface area contributed by atoms with Crippen LogP contribution in [-0.2, 0) is 0 Å². The first-order valence-corrected chi connectivity index (χ1v) is 8.61. The lowest BCUT2D eigenvalue weighted by Crippen LogP contribution is -2.30. The molecule has 1 aromatic heterocycles. The zero-order valence-electron chi connectivity index (χ0n) is 12.4. The monoisotopic (exact) mass is 361 g/mol. The highest BCUT2D eigenvalue weighted by molar-refractivity contribution is 9.10. The lowest BCUT2D eigenvalue weighted by Gasteiger charge is -2.21. The molecule has 1 saturated carbocycles. The van der Waals surface area contributed by atoms with Crippen molar-refractivity contribution in [3.05, 3.63) is 40.5 Å². The Morgan fingerprint density at radius 1 is 1.32 bits per heavy atom. The van der Waals surface area contributed by atoms with E-state index in [9.17, 15) is 4.79 Å². The number of aromatic nitrogens is 2. The second-order valence-corrected chi connectivity index (χ2v) is 6.80. The third-order valence-electron chi connectivity index (χ3n) is 4.27. The molecule has 1 aromatic carbocycles. The van der Waals surface area contributed by atoms with E-state index in [1.54, 1.807) is 6.20 Å². The van der Waals surface area contributed by atoms with Gasteiger partial charge in [0.25, 0.3) is 5.91 Å². The summed E-state index contributed by atoms with van der Waals surface area (Å²) in [6.07, 6.45) is 7.96. The number of aromatic amines is 1. The summed E-state index contributed by atoms with van der Waals surface area (Å²) in [6, 6.07) is 7.86. The third kappa shape index (κ3) is 3.58. The Morgan fingerprint density at radius 2 is 2.14 bits per heavy atom. The second-order valence-electron chi connectivity index (χ2n) is 5.88. The average molecular weight is 362 g/mol. The standard InChI is InChI=1S/C17H20BrN3O/c18-14-8-4-7-13(9-14)16-15(11-20-21-16)17(22)19-10-12-5-2-1-3-6-12/h4,7-9,11-12H,1-3,5-6,10H2,(H,19,22)(H,20,21). The van der Waals surface area contributed by atoms with Crippen molar-refractivity contribution < 1.29 is 4.79 Å². The molecule has 1 heterocycles. The van der Waals surface area contributed by atoms with Crippen molar-refractivity contribution in [1.29, 1.82) is 0 Å². The summed E-state index contributed by atoms with van der Waals surface area (Å²) in [5, 5.41) is 10.0. The first-order chi connectivity index (χ1) is 10.7. The van der Waals surface area contributed by atoms with Gasteiger partial charge in [-0.3, -0.25) is 9.89 Å². The molecule has 0 bridgehead atoms. The number of hydrogen-bond acceptors (Lipinski definition) is 2. The topological polar surface area (TPSA) is 57.8 Å². The minimum absolute atomic E-state index is 0.0469. The maximum Gasteiger partial charge on any atom is 0.255 e. The molecule has 0 unspecified atom stereocenters. The molecule has 1 amide bonds. The molecular weight excluding hydrogens is 342 g/mol. The van der Waals surface area contributed by atoms with Gasteiger partial charge in [-0.25, -0.2) is 0 Å². The smallest absolute Gasteiger partial charge is 0.255 e. The molecule has 0 radical (unpaired) electrons. The van der Waals surface area contributed by atoms with E-state index >= 15 is 0 Å². The molecule has 1 fully saturated rings. The Balaban J connectivity index is 1.69. The molecule has 22 heavy (non-hydrogen) atoms. The summed E-state index contributed by atoms with van der Waals surface area (Å²) in [5.74, 6) is 0.577. The van der Waals surface area contributed by atoms with Crippen LogP contribution in [0.3, 0.4) is 0 Å². The maximum absolute atomic E-state index is 12.4. The highest BCUT2D eigenvalue weighted by Gasteiger charge is 2.18. The molecule has 0 atom stereocenters. The van der Waals surface area contributed by atoms with Gasteiger partial charge in [-0.1, -0.05) is 47.3 Å². The minimum Gasteiger partial charge on any atom is -0.352 e. The summed E-state index contributed by atoms with van der Waals surface area (Å²) < 4.78 is 0.980. The van der Waals surface area contributed by atoms with Crippen molar-refractivity contribution in [2.45, 2.75) is 32.1 Å². The van der Waals surface area contributed by atoms with Crippen LogP contribution in [0.1, 0.15) is 42.5 Å². The van der Waals surface area contributed by atoms with Gasteiger partial charge in [-0.15, -0.1) is 0 Å². The van der Waals surface area contributed by atoms with Crippen molar-refractivity contribution in [2.75, 3.05) is 6.54 Å². The number of amides is 1. The van der Waals surface area contributed by atoms with Gasteiger partial charge in [0.2, 0.25) is 0 Å². The van der Waals surface area contributed by atoms with Gasteiger partial charge in [-0.2, -0.15) is 5.10 Å². The minimum atomic E-state index is -0.0469. The molecule has 3 rings (SSSR count). The van der Waals surface area contributed by atoms with Crippen molar-refractivity contribution in [1.82, 2.24) is 15.5 Å². The molecule has 0 saturated heterocycles. The van der Waals surface area contributed by atoms with Gasteiger partial charge < -0.3 is 5.32 Å². The Morgan fingerprint density at radius 3 is 2.91 bits per heavy atom. The van der Waals surface area contributed by atoms with Crippen molar-refractivity contribution in [3.63, 3.8) is 0 Å². The van der Waals surface area contributed by atoms with E-state index in [0.717, 1.165) is 22.3 Å². The molecule has 2 N–H and O–H groups in total. The molecule has 116 valence electrons. The van der Waals surface area contributed by atoms with Crippen LogP contribution in [-0.4, -0.2) is 22.6 Å². The predicted octanol–water partition coefficient (Wildman–Crippen LogP) is 4.15. The number of benzene rings is 1. The van der Waals surface area contributed by atoms with Crippen molar-refractivity contribution >= 4 is 21.8 Å². The van der Waals surface area contributed by atoms with Crippen LogP contribution in [0.2, 0.25) is 0 Å². The predicted molar refractivity (Wildman–Crippen MR) is 90.6 cm³/mol. The van der Waals surface area contributed by atoms with Gasteiger partial charge >= 0.3 is 0 Å². The zero-order chi connectivity index (χ0) is 15.4. The fourth-order valence-corrected chi connectivity index (χ4v) is 3.45. The van der Waals surface area contributed by atoms with E-state index in [-0.39, 0.29) is 5.91 Å². The number of H-pyrrole nitrogens is 1. The fraction of sp³-hybridized carbons (Fsp3) is 0.412. The number of nitrogens with one attached hydrogen (secondary N) is 2. The highest BCUT2D eigenvalue weighted by atomic mass is 79.9. The summed E-state index contributed by atoms with van der Waals surface area (Å²) >= 11 is 3.46. The largest absolute Gasteiger partial charge is 0.352 e. The van der Waals surface area contributed by atoms with Crippen LogP contribution in [0.5, 0.6) is 0 Å². The number of rotatable bonds is 4. The van der Waals surface area contributed by atoms with E-state index in [2.05, 4.69) is 31.4 Å². The van der Waals surface area contributed by atoms with Crippen LogP contribution >= 0.6 is 15.9 Å². The molecule has 4 nitrogen and oxygen atoms in total. The number of carbonyl (C=O) groups excluding carboxylic acids is 1. The van der Waals surface area contributed by atoms with Gasteiger partial charge in [0.05, 0.1) is 17.5 Å². The van der Waals surface area contributed by atoms with Gasteiger partial charge in [-0.05, 0) is 30.9 Å². The number of halogens is 1. The molecule has 5 heteroatoms. The van der Waals surface area contributed by atoms with E-state index in [4.69, 9.17) is 0 Å². The SMILES string of the molecule is O=C(NCC1CCCCC1)c1cn[nH]c1-c1cccc(Br)c1. The Hall–Kier alpha value is -1.62. The molecule has 1 aliphatic rings. The van der Waals surface area contributed by atoms with Gasteiger partial charge in [0.1, 0.15) is 0 Å². The Labute approximate surface area is 138 Å². The highest BCUT2D eigenvalue weighted by Crippen LogP contribution is 2.25. The molecule has 0 spiro atoms.